The first-order chi connectivity index (χ1) is 8.29. The van der Waals surface area contributed by atoms with E-state index in [1.54, 1.807) is 6.07 Å². The first kappa shape index (κ1) is 12.4. The molecule has 0 aliphatic heterocycles. The lowest BCUT2D eigenvalue weighted by atomic mass is 9.86. The van der Waals surface area contributed by atoms with Crippen LogP contribution in [0.1, 0.15) is 31.2 Å². The van der Waals surface area contributed by atoms with Gasteiger partial charge in [0.25, 0.3) is 0 Å². The van der Waals surface area contributed by atoms with E-state index in [1.165, 1.54) is 31.4 Å². The van der Waals surface area contributed by atoms with Gasteiger partial charge in [0.1, 0.15) is 11.6 Å². The summed E-state index contributed by atoms with van der Waals surface area (Å²) in [7, 11) is 0. The van der Waals surface area contributed by atoms with Crippen molar-refractivity contribution < 1.29 is 14.2 Å². The molecule has 0 amide bonds. The number of hydrogen-bond acceptors (Lipinski definition) is 2. The quantitative estimate of drug-likeness (QED) is 0.825. The highest BCUT2D eigenvalue weighted by atomic mass is 19.1. The van der Waals surface area contributed by atoms with Crippen molar-refractivity contribution in [3.8, 4) is 5.75 Å². The van der Waals surface area contributed by atoms with Crippen LogP contribution >= 0.6 is 0 Å². The van der Waals surface area contributed by atoms with Crippen LogP contribution < -0.4 is 4.74 Å². The van der Waals surface area contributed by atoms with Crippen molar-refractivity contribution in [3.63, 3.8) is 0 Å². The summed E-state index contributed by atoms with van der Waals surface area (Å²) in [6, 6.07) is 4.63. The molecule has 3 heteroatoms. The molecule has 1 fully saturated rings. The van der Waals surface area contributed by atoms with Crippen molar-refractivity contribution in [1.29, 1.82) is 0 Å². The van der Waals surface area contributed by atoms with Gasteiger partial charge in [0.15, 0.2) is 0 Å². The van der Waals surface area contributed by atoms with E-state index in [1.807, 2.05) is 0 Å². The van der Waals surface area contributed by atoms with Crippen molar-refractivity contribution in [1.82, 2.24) is 0 Å². The number of aryl methyl sites for hydroxylation is 1. The highest BCUT2D eigenvalue weighted by Crippen LogP contribution is 2.28. The highest BCUT2D eigenvalue weighted by molar-refractivity contribution is 5.34. The number of halogens is 1. The third-order valence-electron chi connectivity index (χ3n) is 3.33. The van der Waals surface area contributed by atoms with Gasteiger partial charge in [0.2, 0.25) is 0 Å². The summed E-state index contributed by atoms with van der Waals surface area (Å²) in [5.41, 5.74) is 0.860. The van der Waals surface area contributed by atoms with Gasteiger partial charge in [-0.05, 0) is 55.4 Å². The summed E-state index contributed by atoms with van der Waals surface area (Å²) < 4.78 is 18.9. The fourth-order valence-corrected chi connectivity index (χ4v) is 2.02. The molecular formula is C14H19FO2. The smallest absolute Gasteiger partial charge is 0.123 e. The average Bonchev–Trinajstić information content (AvgIpc) is 2.26. The Kier molecular flexibility index (Phi) is 4.37. The second kappa shape index (κ2) is 6.01. The van der Waals surface area contributed by atoms with Gasteiger partial charge in [0, 0.05) is 6.61 Å². The summed E-state index contributed by atoms with van der Waals surface area (Å²) in [4.78, 5) is 0. The Hall–Kier alpha value is -1.09. The molecule has 1 aromatic carbocycles. The van der Waals surface area contributed by atoms with Gasteiger partial charge < -0.3 is 9.84 Å². The lowest BCUT2D eigenvalue weighted by Gasteiger charge is -2.25. The normalized spacial score (nSPS) is 15.6. The predicted molar refractivity (Wildman–Crippen MR) is 64.6 cm³/mol. The number of benzene rings is 1. The van der Waals surface area contributed by atoms with Crippen LogP contribution in [0.2, 0.25) is 0 Å². The fraction of sp³-hybridized carbons (Fsp3) is 0.571. The minimum absolute atomic E-state index is 0.124. The minimum atomic E-state index is -0.242. The van der Waals surface area contributed by atoms with Gasteiger partial charge in [-0.3, -0.25) is 0 Å². The van der Waals surface area contributed by atoms with E-state index in [2.05, 4.69) is 0 Å². The van der Waals surface area contributed by atoms with Gasteiger partial charge >= 0.3 is 0 Å². The first-order valence-corrected chi connectivity index (χ1v) is 6.31. The molecule has 0 saturated heterocycles. The van der Waals surface area contributed by atoms with Crippen LogP contribution in [0.5, 0.6) is 5.75 Å². The number of hydrogen-bond donors (Lipinski definition) is 1. The van der Waals surface area contributed by atoms with Gasteiger partial charge in [-0.15, -0.1) is 0 Å². The van der Waals surface area contributed by atoms with E-state index in [0.29, 0.717) is 18.8 Å². The Bertz CT molecular complexity index is 361. The van der Waals surface area contributed by atoms with Gasteiger partial charge in [0.05, 0.1) is 6.61 Å². The highest BCUT2D eigenvalue weighted by Gasteiger charge is 2.18. The molecule has 0 atom stereocenters. The zero-order valence-electron chi connectivity index (χ0n) is 9.99. The third kappa shape index (κ3) is 3.43. The lowest BCUT2D eigenvalue weighted by Crippen LogP contribution is -2.19. The van der Waals surface area contributed by atoms with E-state index < -0.39 is 0 Å². The summed E-state index contributed by atoms with van der Waals surface area (Å²) in [6.07, 6.45) is 5.09. The fourth-order valence-electron chi connectivity index (χ4n) is 2.02. The van der Waals surface area contributed by atoms with Gasteiger partial charge in [-0.2, -0.15) is 0 Å². The van der Waals surface area contributed by atoms with Crippen LogP contribution in [0.25, 0.3) is 0 Å². The summed E-state index contributed by atoms with van der Waals surface area (Å²) in [5, 5.41) is 8.82. The number of aliphatic hydroxyl groups excluding tert-OH is 1. The molecule has 1 saturated carbocycles. The van der Waals surface area contributed by atoms with Crippen LogP contribution in [0, 0.1) is 11.7 Å². The molecule has 1 aliphatic rings. The van der Waals surface area contributed by atoms with E-state index in [9.17, 15) is 4.39 Å². The Morgan fingerprint density at radius 2 is 2.18 bits per heavy atom. The third-order valence-corrected chi connectivity index (χ3v) is 3.33. The SMILES string of the molecule is OCCCc1cc(F)ccc1OCC1CCC1. The molecule has 2 nitrogen and oxygen atoms in total. The van der Waals surface area contributed by atoms with Crippen LogP contribution in [-0.4, -0.2) is 18.3 Å². The molecule has 1 aliphatic carbocycles. The topological polar surface area (TPSA) is 29.5 Å². The lowest BCUT2D eigenvalue weighted by molar-refractivity contribution is 0.179. The van der Waals surface area contributed by atoms with E-state index in [0.717, 1.165) is 17.9 Å². The van der Waals surface area contributed by atoms with E-state index in [4.69, 9.17) is 9.84 Å². The van der Waals surface area contributed by atoms with Crippen molar-refractivity contribution in [2.75, 3.05) is 13.2 Å². The van der Waals surface area contributed by atoms with Crippen molar-refractivity contribution in [2.24, 2.45) is 5.92 Å². The maximum atomic E-state index is 13.1. The molecule has 94 valence electrons. The van der Waals surface area contributed by atoms with Crippen LogP contribution in [0.3, 0.4) is 0 Å². The number of aliphatic hydroxyl groups is 1. The van der Waals surface area contributed by atoms with Gasteiger partial charge in [-0.1, -0.05) is 6.42 Å². The molecule has 0 heterocycles. The zero-order valence-corrected chi connectivity index (χ0v) is 9.99. The maximum Gasteiger partial charge on any atom is 0.123 e. The number of rotatable bonds is 6. The van der Waals surface area contributed by atoms with Crippen LogP contribution in [0.15, 0.2) is 18.2 Å². The Balaban J connectivity index is 1.97. The second-order valence-corrected chi connectivity index (χ2v) is 4.69. The van der Waals surface area contributed by atoms with Crippen molar-refractivity contribution >= 4 is 0 Å². The largest absolute Gasteiger partial charge is 0.493 e. The number of ether oxygens (including phenoxy) is 1. The Morgan fingerprint density at radius 1 is 1.35 bits per heavy atom. The molecule has 0 radical (unpaired) electrons. The summed E-state index contributed by atoms with van der Waals surface area (Å²) in [5.74, 6) is 1.20. The second-order valence-electron chi connectivity index (χ2n) is 4.69. The van der Waals surface area contributed by atoms with E-state index >= 15 is 0 Å². The molecule has 0 spiro atoms. The van der Waals surface area contributed by atoms with Gasteiger partial charge in [-0.25, -0.2) is 4.39 Å². The molecule has 0 unspecified atom stereocenters. The minimum Gasteiger partial charge on any atom is -0.493 e. The predicted octanol–water partition coefficient (Wildman–Crippen LogP) is 2.93. The summed E-state index contributed by atoms with van der Waals surface area (Å²) in [6.45, 7) is 0.857. The molecule has 1 aromatic rings. The summed E-state index contributed by atoms with van der Waals surface area (Å²) >= 11 is 0. The molecule has 2 rings (SSSR count). The van der Waals surface area contributed by atoms with Crippen molar-refractivity contribution in [2.45, 2.75) is 32.1 Å². The first-order valence-electron chi connectivity index (χ1n) is 6.31. The molecule has 17 heavy (non-hydrogen) atoms. The zero-order chi connectivity index (χ0) is 12.1. The molecule has 0 bridgehead atoms. The molecular weight excluding hydrogens is 219 g/mol. The molecule has 1 N–H and O–H groups in total. The monoisotopic (exact) mass is 238 g/mol. The standard InChI is InChI=1S/C14H19FO2/c15-13-6-7-14(12(9-13)5-2-8-16)17-10-11-3-1-4-11/h6-7,9,11,16H,1-5,8,10H2. The Morgan fingerprint density at radius 3 is 2.82 bits per heavy atom. The maximum absolute atomic E-state index is 13.1. The van der Waals surface area contributed by atoms with E-state index in [-0.39, 0.29) is 12.4 Å². The van der Waals surface area contributed by atoms with Crippen LogP contribution in [0.4, 0.5) is 4.39 Å². The van der Waals surface area contributed by atoms with Crippen LogP contribution in [-0.2, 0) is 6.42 Å². The molecule has 0 aromatic heterocycles. The average molecular weight is 238 g/mol. The Labute approximate surface area is 101 Å². The van der Waals surface area contributed by atoms with Crippen molar-refractivity contribution in [3.05, 3.63) is 29.6 Å².